The number of rotatable bonds is 0. The number of fused-ring (bicyclic) bond motifs is 12. The van der Waals surface area contributed by atoms with Crippen LogP contribution in [0.1, 0.15) is 22.3 Å². The second kappa shape index (κ2) is 5.25. The molecule has 136 valence electrons. The molecule has 1 spiro atoms. The highest BCUT2D eigenvalue weighted by atomic mass is 79.9. The molecule has 0 saturated carbocycles. The maximum absolute atomic E-state index is 6.46. The van der Waals surface area contributed by atoms with E-state index in [0.29, 0.717) is 0 Å². The lowest BCUT2D eigenvalue weighted by atomic mass is 9.70. The maximum Gasteiger partial charge on any atom is 0.140 e. The zero-order chi connectivity index (χ0) is 19.2. The van der Waals surface area contributed by atoms with Crippen molar-refractivity contribution >= 4 is 26.9 Å². The highest BCUT2D eigenvalue weighted by Gasteiger charge is 2.54. The molecule has 0 bridgehead atoms. The average Bonchev–Trinajstić information content (AvgIpc) is 3.37. The zero-order valence-electron chi connectivity index (χ0n) is 15.3. The van der Waals surface area contributed by atoms with Gasteiger partial charge in [-0.2, -0.15) is 0 Å². The predicted octanol–water partition coefficient (Wildman–Crippen LogP) is 6.93. The van der Waals surface area contributed by atoms with E-state index in [-0.39, 0.29) is 0 Å². The number of benzene rings is 3. The van der Waals surface area contributed by atoms with Crippen molar-refractivity contribution < 1.29 is 4.42 Å². The van der Waals surface area contributed by atoms with Crippen LogP contribution in [-0.2, 0) is 5.41 Å². The summed E-state index contributed by atoms with van der Waals surface area (Å²) in [6.07, 6.45) is 3.91. The SMILES string of the molecule is Brc1ccc2c(c1)C1(c3ccncc3-2)c2ccccc2-c2oc3ccccc3c21. The fourth-order valence-electron chi connectivity index (χ4n) is 5.45. The van der Waals surface area contributed by atoms with E-state index in [1.54, 1.807) is 0 Å². The highest BCUT2D eigenvalue weighted by molar-refractivity contribution is 9.10. The van der Waals surface area contributed by atoms with Crippen molar-refractivity contribution in [3.05, 3.63) is 112 Å². The van der Waals surface area contributed by atoms with Crippen LogP contribution in [0.15, 0.2) is 94.1 Å². The van der Waals surface area contributed by atoms with Gasteiger partial charge in [-0.15, -0.1) is 0 Å². The van der Waals surface area contributed by atoms with E-state index in [1.165, 1.54) is 44.3 Å². The van der Waals surface area contributed by atoms with Gasteiger partial charge in [0.1, 0.15) is 11.3 Å². The van der Waals surface area contributed by atoms with Crippen molar-refractivity contribution in [3.8, 4) is 22.5 Å². The Bertz CT molecular complexity index is 1480. The van der Waals surface area contributed by atoms with Crippen LogP contribution < -0.4 is 0 Å². The molecule has 1 unspecified atom stereocenters. The van der Waals surface area contributed by atoms with Gasteiger partial charge in [-0.25, -0.2) is 0 Å². The second-order valence-electron chi connectivity index (χ2n) is 7.71. The quantitative estimate of drug-likeness (QED) is 0.258. The fourth-order valence-corrected chi connectivity index (χ4v) is 5.81. The smallest absolute Gasteiger partial charge is 0.140 e. The Morgan fingerprint density at radius 3 is 2.55 bits per heavy atom. The Balaban J connectivity index is 1.78. The molecule has 3 heteroatoms. The summed E-state index contributed by atoms with van der Waals surface area (Å²) in [5.74, 6) is 0.984. The van der Waals surface area contributed by atoms with Crippen LogP contribution >= 0.6 is 15.9 Å². The standard InChI is InChI=1S/C26H14BrNO/c27-15-9-10-16-19-14-28-12-11-21(19)26(22(16)13-15)20-7-3-1-5-17(20)25-24(26)18-6-2-4-8-23(18)29-25/h1-14H. The lowest BCUT2D eigenvalue weighted by molar-refractivity contribution is 0.628. The molecule has 0 saturated heterocycles. The molecule has 1 atom stereocenters. The third kappa shape index (κ3) is 1.72. The lowest BCUT2D eigenvalue weighted by Crippen LogP contribution is -2.25. The van der Waals surface area contributed by atoms with Crippen LogP contribution in [0.5, 0.6) is 0 Å². The molecule has 2 aromatic heterocycles. The average molecular weight is 436 g/mol. The zero-order valence-corrected chi connectivity index (χ0v) is 16.9. The first kappa shape index (κ1) is 15.7. The van der Waals surface area contributed by atoms with Crippen LogP contribution in [0, 0.1) is 0 Å². The van der Waals surface area contributed by atoms with Crippen LogP contribution in [-0.4, -0.2) is 4.98 Å². The third-order valence-corrected chi connectivity index (χ3v) is 6.94. The van der Waals surface area contributed by atoms with E-state index in [2.05, 4.69) is 87.6 Å². The summed E-state index contributed by atoms with van der Waals surface area (Å²) in [5, 5.41) is 1.18. The Morgan fingerprint density at radius 1 is 0.759 bits per heavy atom. The number of hydrogen-bond donors (Lipinski definition) is 0. The predicted molar refractivity (Wildman–Crippen MR) is 118 cm³/mol. The molecular weight excluding hydrogens is 422 g/mol. The second-order valence-corrected chi connectivity index (χ2v) is 8.62. The Hall–Kier alpha value is -3.17. The molecule has 7 rings (SSSR count). The summed E-state index contributed by atoms with van der Waals surface area (Å²) in [6, 6.07) is 25.8. The van der Waals surface area contributed by atoms with Crippen molar-refractivity contribution in [2.45, 2.75) is 5.41 Å². The molecule has 2 nitrogen and oxygen atoms in total. The minimum Gasteiger partial charge on any atom is -0.456 e. The van der Waals surface area contributed by atoms with E-state index >= 15 is 0 Å². The Labute approximate surface area is 176 Å². The number of pyridine rings is 1. The van der Waals surface area contributed by atoms with Crippen LogP contribution in [0.4, 0.5) is 0 Å². The van der Waals surface area contributed by atoms with Crippen molar-refractivity contribution in [2.75, 3.05) is 0 Å². The van der Waals surface area contributed by atoms with E-state index in [0.717, 1.165) is 15.8 Å². The van der Waals surface area contributed by atoms with Crippen molar-refractivity contribution in [1.82, 2.24) is 4.98 Å². The first-order valence-electron chi connectivity index (χ1n) is 9.67. The summed E-state index contributed by atoms with van der Waals surface area (Å²) in [4.78, 5) is 4.46. The molecule has 29 heavy (non-hydrogen) atoms. The first-order chi connectivity index (χ1) is 14.3. The number of furan rings is 1. The van der Waals surface area contributed by atoms with Crippen molar-refractivity contribution in [2.24, 2.45) is 0 Å². The van der Waals surface area contributed by atoms with Gasteiger partial charge < -0.3 is 4.42 Å². The van der Waals surface area contributed by atoms with Gasteiger partial charge in [0.2, 0.25) is 0 Å². The lowest BCUT2D eigenvalue weighted by Gasteiger charge is -2.29. The van der Waals surface area contributed by atoms with Crippen molar-refractivity contribution in [3.63, 3.8) is 0 Å². The largest absolute Gasteiger partial charge is 0.456 e. The maximum atomic E-state index is 6.46. The summed E-state index contributed by atoms with van der Waals surface area (Å²) < 4.78 is 7.54. The molecule has 2 aliphatic carbocycles. The summed E-state index contributed by atoms with van der Waals surface area (Å²) in [5.41, 5.74) is 9.25. The monoisotopic (exact) mass is 435 g/mol. The first-order valence-corrected chi connectivity index (χ1v) is 10.5. The molecule has 5 aromatic rings. The number of nitrogens with zero attached hydrogens (tertiary/aromatic N) is 1. The molecule has 0 radical (unpaired) electrons. The van der Waals surface area contributed by atoms with Gasteiger partial charge >= 0.3 is 0 Å². The number of aromatic nitrogens is 1. The van der Waals surface area contributed by atoms with E-state index in [9.17, 15) is 0 Å². The number of para-hydroxylation sites is 1. The van der Waals surface area contributed by atoms with Crippen LogP contribution in [0.2, 0.25) is 0 Å². The fraction of sp³-hybridized carbons (Fsp3) is 0.0385. The molecular formula is C26H14BrNO. The van der Waals surface area contributed by atoms with E-state index in [1.807, 2.05) is 18.5 Å². The van der Waals surface area contributed by atoms with E-state index in [4.69, 9.17) is 4.42 Å². The third-order valence-electron chi connectivity index (χ3n) is 6.45. The van der Waals surface area contributed by atoms with Crippen LogP contribution in [0.3, 0.4) is 0 Å². The molecule has 0 N–H and O–H groups in total. The van der Waals surface area contributed by atoms with Crippen LogP contribution in [0.25, 0.3) is 33.4 Å². The molecule has 2 heterocycles. The summed E-state index contributed by atoms with van der Waals surface area (Å²) in [6.45, 7) is 0. The summed E-state index contributed by atoms with van der Waals surface area (Å²) >= 11 is 3.72. The molecule has 2 aliphatic rings. The van der Waals surface area contributed by atoms with Gasteiger partial charge in [-0.1, -0.05) is 64.5 Å². The van der Waals surface area contributed by atoms with E-state index < -0.39 is 5.41 Å². The molecule has 3 aromatic carbocycles. The van der Waals surface area contributed by atoms with Gasteiger partial charge in [0.15, 0.2) is 0 Å². The van der Waals surface area contributed by atoms with Gasteiger partial charge in [0, 0.05) is 38.9 Å². The van der Waals surface area contributed by atoms with Gasteiger partial charge in [0.05, 0.1) is 5.41 Å². The molecule has 0 fully saturated rings. The molecule has 0 amide bonds. The van der Waals surface area contributed by atoms with Crippen molar-refractivity contribution in [1.29, 1.82) is 0 Å². The topological polar surface area (TPSA) is 26.0 Å². The van der Waals surface area contributed by atoms with Gasteiger partial charge in [-0.3, -0.25) is 4.98 Å². The highest BCUT2D eigenvalue weighted by Crippen LogP contribution is 2.64. The molecule has 0 aliphatic heterocycles. The van der Waals surface area contributed by atoms with Gasteiger partial charge in [0.25, 0.3) is 0 Å². The Kier molecular flexibility index (Phi) is 2.84. The minimum absolute atomic E-state index is 0.393. The minimum atomic E-state index is -0.393. The number of halogens is 1. The summed E-state index contributed by atoms with van der Waals surface area (Å²) in [7, 11) is 0. The van der Waals surface area contributed by atoms with Gasteiger partial charge in [-0.05, 0) is 46.5 Å². The Morgan fingerprint density at radius 2 is 1.59 bits per heavy atom. The number of hydrogen-bond acceptors (Lipinski definition) is 2. The normalized spacial score (nSPS) is 18.0.